The normalized spacial score (nSPS) is 17.3. The number of carboxylic acids is 1. The van der Waals surface area contributed by atoms with E-state index in [1.165, 1.54) is 0 Å². The quantitative estimate of drug-likeness (QED) is 0.153. The van der Waals surface area contributed by atoms with Crippen LogP contribution in [-0.4, -0.2) is 69.0 Å². The van der Waals surface area contributed by atoms with Gasteiger partial charge < -0.3 is 24.6 Å². The van der Waals surface area contributed by atoms with E-state index in [-0.39, 0.29) is 30.0 Å². The number of amides is 2. The minimum Gasteiger partial charge on any atom is -0.481 e. The maximum atomic E-state index is 12.6. The number of aliphatic imine (C=N–C) groups is 1. The lowest BCUT2D eigenvalue weighted by atomic mass is 10.0. The molecular formula is C32H35N5O5. The van der Waals surface area contributed by atoms with E-state index in [0.29, 0.717) is 24.5 Å². The highest BCUT2D eigenvalue weighted by molar-refractivity contribution is 5.94. The van der Waals surface area contributed by atoms with Gasteiger partial charge in [0.05, 0.1) is 17.4 Å². The Morgan fingerprint density at radius 2 is 1.95 bits per heavy atom. The number of nitrogens with zero attached hydrogens (tertiary/aromatic N) is 4. The number of carboxylic acid groups (broad SMARTS) is 1. The number of allylic oxidation sites excluding steroid dienone is 3. The van der Waals surface area contributed by atoms with Crippen molar-refractivity contribution in [1.29, 1.82) is 0 Å². The van der Waals surface area contributed by atoms with Crippen molar-refractivity contribution in [3.8, 4) is 17.1 Å². The molecule has 1 unspecified atom stereocenters. The molecule has 0 radical (unpaired) electrons. The Kier molecular flexibility index (Phi) is 8.51. The maximum absolute atomic E-state index is 12.6. The predicted molar refractivity (Wildman–Crippen MR) is 160 cm³/mol. The SMILES string of the molecule is C=NC(=CC=C(C)Oc1cc2cc(-c3ccc(CCC(=O)O)cn3)[nH]c2cc1C1CCCN1C(C)=O)C(=O)N1CCC1. The summed E-state index contributed by atoms with van der Waals surface area (Å²) >= 11 is 0. The highest BCUT2D eigenvalue weighted by Crippen LogP contribution is 2.40. The molecule has 1 atom stereocenters. The van der Waals surface area contributed by atoms with Gasteiger partial charge in [0.15, 0.2) is 0 Å². The molecule has 0 bridgehead atoms. The molecule has 0 spiro atoms. The number of hydrogen-bond donors (Lipinski definition) is 2. The molecule has 42 heavy (non-hydrogen) atoms. The Bertz CT molecular complexity index is 1580. The van der Waals surface area contributed by atoms with E-state index in [9.17, 15) is 14.4 Å². The number of aromatic nitrogens is 2. The van der Waals surface area contributed by atoms with Crippen molar-refractivity contribution in [2.45, 2.75) is 52.0 Å². The van der Waals surface area contributed by atoms with Gasteiger partial charge in [-0.05, 0) is 81.3 Å². The molecule has 2 N–H and O–H groups in total. The fraction of sp³-hybridized carbons (Fsp3) is 0.344. The third kappa shape index (κ3) is 6.27. The van der Waals surface area contributed by atoms with Crippen LogP contribution < -0.4 is 4.74 Å². The zero-order chi connectivity index (χ0) is 29.8. The average Bonchev–Trinajstić information content (AvgIpc) is 3.58. The summed E-state index contributed by atoms with van der Waals surface area (Å²) in [4.78, 5) is 51.4. The molecule has 3 aromatic rings. The van der Waals surface area contributed by atoms with Crippen LogP contribution in [0.5, 0.6) is 5.75 Å². The third-order valence-electron chi connectivity index (χ3n) is 7.78. The molecule has 1 aromatic carbocycles. The van der Waals surface area contributed by atoms with Crippen LogP contribution in [0, 0.1) is 0 Å². The van der Waals surface area contributed by atoms with Gasteiger partial charge in [-0.1, -0.05) is 6.07 Å². The first-order chi connectivity index (χ1) is 20.2. The molecule has 0 aliphatic carbocycles. The minimum atomic E-state index is -0.840. The molecule has 2 aliphatic rings. The lowest BCUT2D eigenvalue weighted by molar-refractivity contribution is -0.137. The third-order valence-corrected chi connectivity index (χ3v) is 7.78. The topological polar surface area (TPSA) is 128 Å². The number of benzene rings is 1. The molecule has 2 aliphatic heterocycles. The molecule has 10 nitrogen and oxygen atoms in total. The van der Waals surface area contributed by atoms with Crippen LogP contribution in [0.15, 0.2) is 65.1 Å². The number of carbonyl (C=O) groups excluding carboxylic acids is 2. The Balaban J connectivity index is 1.47. The molecule has 2 amide bonds. The van der Waals surface area contributed by atoms with E-state index in [0.717, 1.165) is 65.8 Å². The van der Waals surface area contributed by atoms with Crippen molar-refractivity contribution < 1.29 is 24.2 Å². The van der Waals surface area contributed by atoms with Gasteiger partial charge in [-0.25, -0.2) is 0 Å². The van der Waals surface area contributed by atoms with Crippen molar-refractivity contribution in [2.24, 2.45) is 4.99 Å². The lowest BCUT2D eigenvalue weighted by Crippen LogP contribution is -2.42. The second-order valence-corrected chi connectivity index (χ2v) is 10.7. The summed E-state index contributed by atoms with van der Waals surface area (Å²) in [7, 11) is 0. The number of pyridine rings is 1. The Labute approximate surface area is 244 Å². The van der Waals surface area contributed by atoms with Gasteiger partial charge in [0.25, 0.3) is 5.91 Å². The van der Waals surface area contributed by atoms with E-state index in [1.807, 2.05) is 42.2 Å². The van der Waals surface area contributed by atoms with Crippen LogP contribution >= 0.6 is 0 Å². The Hall–Kier alpha value is -4.73. The number of rotatable bonds is 10. The Morgan fingerprint density at radius 1 is 1.14 bits per heavy atom. The summed E-state index contributed by atoms with van der Waals surface area (Å²) in [6, 6.07) is 9.63. The Morgan fingerprint density at radius 3 is 2.60 bits per heavy atom. The van der Waals surface area contributed by atoms with Crippen LogP contribution in [0.4, 0.5) is 0 Å². The summed E-state index contributed by atoms with van der Waals surface area (Å²) < 4.78 is 6.36. The highest BCUT2D eigenvalue weighted by Gasteiger charge is 2.31. The van der Waals surface area contributed by atoms with Crippen molar-refractivity contribution in [1.82, 2.24) is 19.8 Å². The molecule has 0 saturated carbocycles. The first kappa shape index (κ1) is 28.8. The number of carbonyl (C=O) groups is 3. The number of nitrogens with one attached hydrogen (secondary N) is 1. The van der Waals surface area contributed by atoms with Gasteiger partial charge in [0.2, 0.25) is 5.91 Å². The maximum Gasteiger partial charge on any atom is 0.303 e. The van der Waals surface area contributed by atoms with Gasteiger partial charge >= 0.3 is 5.97 Å². The molecule has 2 fully saturated rings. The second kappa shape index (κ2) is 12.4. The molecule has 2 saturated heterocycles. The monoisotopic (exact) mass is 569 g/mol. The smallest absolute Gasteiger partial charge is 0.303 e. The van der Waals surface area contributed by atoms with E-state index in [1.54, 1.807) is 30.2 Å². The van der Waals surface area contributed by atoms with Crippen LogP contribution in [0.25, 0.3) is 22.3 Å². The van der Waals surface area contributed by atoms with E-state index >= 15 is 0 Å². The predicted octanol–water partition coefficient (Wildman–Crippen LogP) is 5.03. The van der Waals surface area contributed by atoms with Crippen molar-refractivity contribution in [3.63, 3.8) is 0 Å². The number of aromatic amines is 1. The largest absolute Gasteiger partial charge is 0.481 e. The fourth-order valence-electron chi connectivity index (χ4n) is 5.39. The number of likely N-dealkylation sites (tertiary alicyclic amines) is 2. The number of fused-ring (bicyclic) bond motifs is 1. The highest BCUT2D eigenvalue weighted by atomic mass is 16.5. The van der Waals surface area contributed by atoms with Gasteiger partial charge in [-0.3, -0.25) is 24.4 Å². The lowest BCUT2D eigenvalue weighted by Gasteiger charge is -2.30. The zero-order valence-electron chi connectivity index (χ0n) is 23.9. The van der Waals surface area contributed by atoms with E-state index in [4.69, 9.17) is 9.84 Å². The van der Waals surface area contributed by atoms with Gasteiger partial charge in [-0.2, -0.15) is 0 Å². The summed E-state index contributed by atoms with van der Waals surface area (Å²) in [5.74, 6) is 0.230. The number of aryl methyl sites for hydroxylation is 1. The van der Waals surface area contributed by atoms with E-state index in [2.05, 4.69) is 21.7 Å². The summed E-state index contributed by atoms with van der Waals surface area (Å²) in [6.45, 7) is 9.10. The van der Waals surface area contributed by atoms with Crippen molar-refractivity contribution >= 4 is 35.4 Å². The van der Waals surface area contributed by atoms with Crippen LogP contribution in [0.2, 0.25) is 0 Å². The molecule has 10 heteroatoms. The standard InChI is InChI=1S/C32H35N5O5/c1-20(7-10-26(33-3)32(41)36-13-5-14-36)42-30-17-23-16-28(25-11-8-22(19-34-25)9-12-31(39)40)35-27(23)18-24(30)29-6-4-15-37(29)21(2)38/h7-8,10-11,16-19,29,35H,3-6,9,12-15H2,1-2H3,(H,39,40). The first-order valence-electron chi connectivity index (χ1n) is 14.2. The molecule has 2 aromatic heterocycles. The molecule has 218 valence electrons. The van der Waals surface area contributed by atoms with Gasteiger partial charge in [-0.15, -0.1) is 0 Å². The molecule has 5 rings (SSSR count). The summed E-state index contributed by atoms with van der Waals surface area (Å²) in [5.41, 5.74) is 4.46. The fourth-order valence-corrected chi connectivity index (χ4v) is 5.39. The summed E-state index contributed by atoms with van der Waals surface area (Å²) in [5, 5.41) is 9.86. The van der Waals surface area contributed by atoms with Crippen LogP contribution in [0.1, 0.15) is 56.7 Å². The number of hydrogen-bond acceptors (Lipinski definition) is 6. The number of ether oxygens (including phenoxy) is 1. The van der Waals surface area contributed by atoms with Crippen LogP contribution in [-0.2, 0) is 20.8 Å². The minimum absolute atomic E-state index is 0.0179. The number of aliphatic carboxylic acids is 1. The zero-order valence-corrected chi connectivity index (χ0v) is 23.9. The van der Waals surface area contributed by atoms with Crippen molar-refractivity contribution in [3.05, 3.63) is 71.3 Å². The first-order valence-corrected chi connectivity index (χ1v) is 14.2. The average molecular weight is 570 g/mol. The van der Waals surface area contributed by atoms with Crippen LogP contribution in [0.3, 0.4) is 0 Å². The second-order valence-electron chi connectivity index (χ2n) is 10.7. The van der Waals surface area contributed by atoms with Crippen molar-refractivity contribution in [2.75, 3.05) is 19.6 Å². The van der Waals surface area contributed by atoms with Gasteiger partial charge in [0.1, 0.15) is 17.2 Å². The van der Waals surface area contributed by atoms with Gasteiger partial charge in [0, 0.05) is 55.6 Å². The molecular weight excluding hydrogens is 534 g/mol. The summed E-state index contributed by atoms with van der Waals surface area (Å²) in [6.07, 6.45) is 8.24. The molecule has 4 heterocycles. The number of H-pyrrole nitrogens is 1. The van der Waals surface area contributed by atoms with E-state index < -0.39 is 5.97 Å².